The fourth-order valence-corrected chi connectivity index (χ4v) is 2.21. The van der Waals surface area contributed by atoms with Gasteiger partial charge in [-0.05, 0) is 50.0 Å². The molecular formula is C13H18ClNO. The lowest BCUT2D eigenvalue weighted by Gasteiger charge is -2.22. The summed E-state index contributed by atoms with van der Waals surface area (Å²) in [5.74, 6) is 0. The summed E-state index contributed by atoms with van der Waals surface area (Å²) in [4.78, 5) is 0. The van der Waals surface area contributed by atoms with Crippen LogP contribution in [0.15, 0.2) is 24.3 Å². The molecule has 3 heteroatoms. The molecule has 88 valence electrons. The van der Waals surface area contributed by atoms with Gasteiger partial charge in [0, 0.05) is 5.02 Å². The Morgan fingerprint density at radius 3 is 2.88 bits per heavy atom. The van der Waals surface area contributed by atoms with E-state index in [0.717, 1.165) is 44.0 Å². The third kappa shape index (κ3) is 3.78. The zero-order valence-electron chi connectivity index (χ0n) is 9.42. The second-order valence-corrected chi connectivity index (χ2v) is 4.64. The summed E-state index contributed by atoms with van der Waals surface area (Å²) in [5.41, 5.74) is 1.25. The minimum absolute atomic E-state index is 0.445. The summed E-state index contributed by atoms with van der Waals surface area (Å²) in [5, 5.41) is 4.14. The minimum Gasteiger partial charge on any atom is -0.378 e. The largest absolute Gasteiger partial charge is 0.378 e. The molecule has 16 heavy (non-hydrogen) atoms. The van der Waals surface area contributed by atoms with Crippen LogP contribution in [0.25, 0.3) is 0 Å². The van der Waals surface area contributed by atoms with Gasteiger partial charge in [-0.15, -0.1) is 0 Å². The van der Waals surface area contributed by atoms with E-state index < -0.39 is 0 Å². The van der Waals surface area contributed by atoms with E-state index in [4.69, 9.17) is 16.3 Å². The number of ether oxygens (including phenoxy) is 1. The Kier molecular flexibility index (Phi) is 4.64. The molecule has 0 aliphatic carbocycles. The Balaban J connectivity index is 1.71. The van der Waals surface area contributed by atoms with Gasteiger partial charge in [-0.25, -0.2) is 0 Å². The molecule has 0 bridgehead atoms. The van der Waals surface area contributed by atoms with E-state index in [0.29, 0.717) is 6.10 Å². The normalized spacial score (nSPS) is 17.6. The Hall–Kier alpha value is -0.570. The smallest absolute Gasteiger partial charge is 0.0599 e. The van der Waals surface area contributed by atoms with Crippen molar-refractivity contribution in [1.29, 1.82) is 0 Å². The van der Waals surface area contributed by atoms with Gasteiger partial charge in [0.2, 0.25) is 0 Å². The summed E-state index contributed by atoms with van der Waals surface area (Å²) < 4.78 is 5.84. The Morgan fingerprint density at radius 1 is 1.31 bits per heavy atom. The average molecular weight is 240 g/mol. The fourth-order valence-electron chi connectivity index (χ4n) is 2.00. The molecule has 1 aliphatic heterocycles. The van der Waals surface area contributed by atoms with Gasteiger partial charge in [0.15, 0.2) is 0 Å². The number of nitrogens with one attached hydrogen (secondary N) is 1. The van der Waals surface area contributed by atoms with Gasteiger partial charge < -0.3 is 10.1 Å². The first-order chi connectivity index (χ1) is 7.84. The monoisotopic (exact) mass is 239 g/mol. The van der Waals surface area contributed by atoms with E-state index in [1.54, 1.807) is 0 Å². The van der Waals surface area contributed by atoms with Crippen molar-refractivity contribution in [3.8, 4) is 0 Å². The zero-order valence-corrected chi connectivity index (χ0v) is 10.2. The third-order valence-electron chi connectivity index (χ3n) is 2.92. The van der Waals surface area contributed by atoms with E-state index in [9.17, 15) is 0 Å². The molecule has 2 rings (SSSR count). The predicted molar refractivity (Wildman–Crippen MR) is 67.0 cm³/mol. The van der Waals surface area contributed by atoms with Gasteiger partial charge in [0.1, 0.15) is 0 Å². The third-order valence-corrected chi connectivity index (χ3v) is 3.15. The first-order valence-electron chi connectivity index (χ1n) is 5.91. The molecule has 0 atom stereocenters. The van der Waals surface area contributed by atoms with Crippen LogP contribution in [0.1, 0.15) is 18.4 Å². The number of hydrogen-bond donors (Lipinski definition) is 1. The molecule has 2 nitrogen and oxygen atoms in total. The van der Waals surface area contributed by atoms with Crippen molar-refractivity contribution in [2.24, 2.45) is 0 Å². The van der Waals surface area contributed by atoms with Crippen LogP contribution in [0, 0.1) is 0 Å². The van der Waals surface area contributed by atoms with Crippen molar-refractivity contribution in [2.75, 3.05) is 19.7 Å². The molecule has 0 amide bonds. The highest BCUT2D eigenvalue weighted by molar-refractivity contribution is 6.30. The molecule has 0 aromatic heterocycles. The lowest BCUT2D eigenvalue weighted by Crippen LogP contribution is -2.32. The first-order valence-corrected chi connectivity index (χ1v) is 6.29. The summed E-state index contributed by atoms with van der Waals surface area (Å²) in [6.45, 7) is 2.97. The number of benzene rings is 1. The molecule has 1 fully saturated rings. The Morgan fingerprint density at radius 2 is 2.12 bits per heavy atom. The van der Waals surface area contributed by atoms with Crippen molar-refractivity contribution in [3.63, 3.8) is 0 Å². The SMILES string of the molecule is Clc1cccc(CCOC2CCNCC2)c1. The van der Waals surface area contributed by atoms with Crippen LogP contribution in [0.5, 0.6) is 0 Å². The summed E-state index contributed by atoms with van der Waals surface area (Å²) in [7, 11) is 0. The predicted octanol–water partition coefficient (Wildman–Crippen LogP) is 2.65. The second-order valence-electron chi connectivity index (χ2n) is 4.20. The fraction of sp³-hybridized carbons (Fsp3) is 0.538. The van der Waals surface area contributed by atoms with Crippen LogP contribution in [0.2, 0.25) is 5.02 Å². The minimum atomic E-state index is 0.445. The highest BCUT2D eigenvalue weighted by Gasteiger charge is 2.12. The molecule has 1 aromatic rings. The summed E-state index contributed by atoms with van der Waals surface area (Å²) in [6, 6.07) is 7.99. The molecule has 1 aromatic carbocycles. The lowest BCUT2D eigenvalue weighted by molar-refractivity contribution is 0.0349. The van der Waals surface area contributed by atoms with Crippen LogP contribution in [-0.4, -0.2) is 25.8 Å². The van der Waals surface area contributed by atoms with E-state index in [-0.39, 0.29) is 0 Å². The lowest BCUT2D eigenvalue weighted by atomic mass is 10.1. The van der Waals surface area contributed by atoms with Gasteiger partial charge in [-0.2, -0.15) is 0 Å². The van der Waals surface area contributed by atoms with Crippen LogP contribution in [-0.2, 0) is 11.2 Å². The molecule has 0 radical (unpaired) electrons. The first kappa shape index (κ1) is 11.9. The molecule has 1 heterocycles. The van der Waals surface area contributed by atoms with Crippen LogP contribution in [0.4, 0.5) is 0 Å². The van der Waals surface area contributed by atoms with E-state index >= 15 is 0 Å². The molecule has 0 unspecified atom stereocenters. The topological polar surface area (TPSA) is 21.3 Å². The summed E-state index contributed by atoms with van der Waals surface area (Å²) in [6.07, 6.45) is 3.66. The van der Waals surface area contributed by atoms with E-state index in [1.807, 2.05) is 18.2 Å². The Bertz CT molecular complexity index is 323. The van der Waals surface area contributed by atoms with Crippen LogP contribution < -0.4 is 5.32 Å². The number of rotatable bonds is 4. The maximum Gasteiger partial charge on any atom is 0.0599 e. The van der Waals surface area contributed by atoms with Crippen LogP contribution in [0.3, 0.4) is 0 Å². The zero-order chi connectivity index (χ0) is 11.2. The quantitative estimate of drug-likeness (QED) is 0.872. The van der Waals surface area contributed by atoms with Crippen molar-refractivity contribution < 1.29 is 4.74 Å². The number of hydrogen-bond acceptors (Lipinski definition) is 2. The molecule has 1 aliphatic rings. The van der Waals surface area contributed by atoms with Gasteiger partial charge in [0.25, 0.3) is 0 Å². The van der Waals surface area contributed by atoms with Crippen molar-refractivity contribution in [2.45, 2.75) is 25.4 Å². The molecule has 0 spiro atoms. The van der Waals surface area contributed by atoms with Crippen molar-refractivity contribution in [3.05, 3.63) is 34.9 Å². The highest BCUT2D eigenvalue weighted by atomic mass is 35.5. The van der Waals surface area contributed by atoms with E-state index in [2.05, 4.69) is 11.4 Å². The molecular weight excluding hydrogens is 222 g/mol. The van der Waals surface area contributed by atoms with Gasteiger partial charge in [-0.3, -0.25) is 0 Å². The maximum absolute atomic E-state index is 5.92. The van der Waals surface area contributed by atoms with Gasteiger partial charge >= 0.3 is 0 Å². The second kappa shape index (κ2) is 6.24. The van der Waals surface area contributed by atoms with Crippen molar-refractivity contribution in [1.82, 2.24) is 5.32 Å². The number of piperidine rings is 1. The van der Waals surface area contributed by atoms with Crippen molar-refractivity contribution >= 4 is 11.6 Å². The van der Waals surface area contributed by atoms with Crippen LogP contribution >= 0.6 is 11.6 Å². The molecule has 1 N–H and O–H groups in total. The van der Waals surface area contributed by atoms with Gasteiger partial charge in [-0.1, -0.05) is 23.7 Å². The standard InChI is InChI=1S/C13H18ClNO/c14-12-3-1-2-11(10-12)6-9-16-13-4-7-15-8-5-13/h1-3,10,13,15H,4-9H2. The molecule has 1 saturated heterocycles. The van der Waals surface area contributed by atoms with Gasteiger partial charge in [0.05, 0.1) is 12.7 Å². The summed E-state index contributed by atoms with van der Waals surface area (Å²) >= 11 is 5.92. The maximum atomic E-state index is 5.92. The van der Waals surface area contributed by atoms with E-state index in [1.165, 1.54) is 5.56 Å². The average Bonchev–Trinajstić information content (AvgIpc) is 2.30. The number of halogens is 1. The molecule has 0 saturated carbocycles. The Labute approximate surface area is 102 Å². The highest BCUT2D eigenvalue weighted by Crippen LogP contribution is 2.12.